The first-order chi connectivity index (χ1) is 14.1. The smallest absolute Gasteiger partial charge is 0.273 e. The fourth-order valence-electron chi connectivity index (χ4n) is 4.11. The Morgan fingerprint density at radius 2 is 1.73 bits per heavy atom. The first-order valence-electron chi connectivity index (χ1n) is 9.68. The number of aryl methyl sites for hydroxylation is 2. The first-order valence-corrected chi connectivity index (χ1v) is 9.68. The second kappa shape index (κ2) is 7.88. The lowest BCUT2D eigenvalue weighted by atomic mass is 10.0. The van der Waals surface area contributed by atoms with Gasteiger partial charge in [0.05, 0.1) is 17.4 Å². The third-order valence-corrected chi connectivity index (χ3v) is 5.54. The van der Waals surface area contributed by atoms with E-state index in [0.29, 0.717) is 0 Å². The minimum atomic E-state index is -0.340. The maximum atomic E-state index is 11.4. The van der Waals surface area contributed by atoms with Crippen LogP contribution < -0.4 is 21.5 Å². The topological polar surface area (TPSA) is 52.0 Å². The van der Waals surface area contributed by atoms with E-state index in [1.807, 2.05) is 6.07 Å². The number of aromatic nitrogens is 2. The summed E-state index contributed by atoms with van der Waals surface area (Å²) in [6, 6.07) is 23.7. The molecule has 5 rings (SSSR count). The van der Waals surface area contributed by atoms with Gasteiger partial charge in [-0.15, -0.1) is 0 Å². The molecule has 0 atom stereocenters. The lowest BCUT2D eigenvalue weighted by molar-refractivity contribution is -0.606. The molecule has 1 aliphatic rings. The van der Waals surface area contributed by atoms with Crippen LogP contribution in [0.15, 0.2) is 79.0 Å². The van der Waals surface area contributed by atoms with Gasteiger partial charge in [0.1, 0.15) is 17.6 Å². The van der Waals surface area contributed by atoms with Crippen molar-refractivity contribution in [3.63, 3.8) is 0 Å². The maximum absolute atomic E-state index is 11.4. The summed E-state index contributed by atoms with van der Waals surface area (Å²) in [5, 5.41) is 11.4. The largest absolute Gasteiger partial charge is 1.00 e. The standard InChI is InChI=1S/C24H20N3O2.BrH/c1-17-9-11-19(12-10-17)23-16-25-22-8-3-2-5-18(22)13-14-24(25)26(23)20-6-4-7-21(15-20)27(28)29;/h2-12,15-16H,13-14H2,1H3;1H/q+1;/p-1. The second-order valence-electron chi connectivity index (χ2n) is 7.41. The number of nitro groups is 1. The molecule has 0 fully saturated rings. The Hall–Kier alpha value is -3.25. The molecule has 0 saturated carbocycles. The van der Waals surface area contributed by atoms with Gasteiger partial charge >= 0.3 is 0 Å². The highest BCUT2D eigenvalue weighted by molar-refractivity contribution is 5.63. The average molecular weight is 462 g/mol. The van der Waals surface area contributed by atoms with Crippen LogP contribution in [0.5, 0.6) is 0 Å². The first kappa shape index (κ1) is 20.0. The fraction of sp³-hybridized carbons (Fsp3) is 0.125. The summed E-state index contributed by atoms with van der Waals surface area (Å²) < 4.78 is 4.39. The number of fused-ring (bicyclic) bond motifs is 3. The zero-order valence-electron chi connectivity index (χ0n) is 16.5. The molecule has 0 bridgehead atoms. The number of hydrogen-bond donors (Lipinski definition) is 0. The predicted molar refractivity (Wildman–Crippen MR) is 112 cm³/mol. The maximum Gasteiger partial charge on any atom is 0.273 e. The van der Waals surface area contributed by atoms with E-state index in [0.717, 1.165) is 35.6 Å². The molecule has 0 N–H and O–H groups in total. The van der Waals surface area contributed by atoms with Gasteiger partial charge < -0.3 is 17.0 Å². The molecule has 1 aromatic heterocycles. The Bertz CT molecular complexity index is 1250. The van der Waals surface area contributed by atoms with Gasteiger partial charge in [-0.1, -0.05) is 54.1 Å². The van der Waals surface area contributed by atoms with E-state index in [1.54, 1.807) is 12.1 Å². The summed E-state index contributed by atoms with van der Waals surface area (Å²) in [5.41, 5.74) is 6.70. The number of hydrogen-bond acceptors (Lipinski definition) is 2. The quantitative estimate of drug-likeness (QED) is 0.265. The number of para-hydroxylation sites is 1. The Kier molecular flexibility index (Phi) is 5.26. The number of halogens is 1. The van der Waals surface area contributed by atoms with Crippen LogP contribution in [0.3, 0.4) is 0 Å². The van der Waals surface area contributed by atoms with Crippen molar-refractivity contribution in [1.29, 1.82) is 0 Å². The highest BCUT2D eigenvalue weighted by Gasteiger charge is 2.31. The van der Waals surface area contributed by atoms with Crippen LogP contribution in [0.2, 0.25) is 0 Å². The molecule has 6 heteroatoms. The zero-order valence-corrected chi connectivity index (χ0v) is 18.0. The van der Waals surface area contributed by atoms with Crippen LogP contribution in [0.25, 0.3) is 22.6 Å². The highest BCUT2D eigenvalue weighted by atomic mass is 79.9. The molecule has 2 heterocycles. The van der Waals surface area contributed by atoms with Gasteiger partial charge in [-0.05, 0) is 31.0 Å². The van der Waals surface area contributed by atoms with Crippen LogP contribution in [-0.4, -0.2) is 9.49 Å². The van der Waals surface area contributed by atoms with Crippen molar-refractivity contribution in [1.82, 2.24) is 4.57 Å². The average Bonchev–Trinajstić information content (AvgIpc) is 3.14. The molecule has 3 aromatic carbocycles. The molecule has 0 amide bonds. The molecule has 0 radical (unpaired) electrons. The van der Waals surface area contributed by atoms with E-state index in [2.05, 4.69) is 70.8 Å². The third kappa shape index (κ3) is 3.33. The number of nitro benzene ring substituents is 1. The summed E-state index contributed by atoms with van der Waals surface area (Å²) in [4.78, 5) is 11.0. The summed E-state index contributed by atoms with van der Waals surface area (Å²) in [6.45, 7) is 2.07. The molecule has 1 aliphatic heterocycles. The van der Waals surface area contributed by atoms with E-state index in [-0.39, 0.29) is 27.6 Å². The van der Waals surface area contributed by atoms with Gasteiger partial charge in [0, 0.05) is 11.6 Å². The monoisotopic (exact) mass is 461 g/mol. The van der Waals surface area contributed by atoms with Crippen molar-refractivity contribution in [2.24, 2.45) is 0 Å². The molecule has 150 valence electrons. The van der Waals surface area contributed by atoms with E-state index in [4.69, 9.17) is 0 Å². The van der Waals surface area contributed by atoms with Crippen LogP contribution in [0.1, 0.15) is 17.0 Å². The van der Waals surface area contributed by atoms with E-state index in [1.165, 1.54) is 22.9 Å². The van der Waals surface area contributed by atoms with Gasteiger partial charge in [0.2, 0.25) is 0 Å². The number of rotatable bonds is 3. The van der Waals surface area contributed by atoms with E-state index < -0.39 is 0 Å². The van der Waals surface area contributed by atoms with Gasteiger partial charge in [-0.25, -0.2) is 0 Å². The Morgan fingerprint density at radius 1 is 0.967 bits per heavy atom. The molecule has 0 unspecified atom stereocenters. The van der Waals surface area contributed by atoms with Crippen LogP contribution in [-0.2, 0) is 12.8 Å². The van der Waals surface area contributed by atoms with Crippen molar-refractivity contribution >= 4 is 5.69 Å². The SMILES string of the molecule is Cc1ccc(-c2c[n+]3c(n2-c2cccc([N+](=O)[O-])c2)CCc2ccccc2-3)cc1.[Br-]. The van der Waals surface area contributed by atoms with Crippen LogP contribution in [0, 0.1) is 17.0 Å². The Labute approximate surface area is 185 Å². The minimum Gasteiger partial charge on any atom is -1.00 e. The number of imidazole rings is 1. The summed E-state index contributed by atoms with van der Waals surface area (Å²) in [7, 11) is 0. The molecule has 5 nitrogen and oxygen atoms in total. The summed E-state index contributed by atoms with van der Waals surface area (Å²) >= 11 is 0. The minimum absolute atomic E-state index is 0. The van der Waals surface area contributed by atoms with Crippen molar-refractivity contribution in [2.75, 3.05) is 0 Å². The van der Waals surface area contributed by atoms with Gasteiger partial charge in [-0.3, -0.25) is 10.1 Å². The lowest BCUT2D eigenvalue weighted by Crippen LogP contribution is -3.00. The highest BCUT2D eigenvalue weighted by Crippen LogP contribution is 2.30. The molecule has 30 heavy (non-hydrogen) atoms. The normalized spacial score (nSPS) is 11.9. The van der Waals surface area contributed by atoms with Gasteiger partial charge in [0.15, 0.2) is 5.69 Å². The molecule has 0 spiro atoms. The zero-order chi connectivity index (χ0) is 20.0. The van der Waals surface area contributed by atoms with Crippen molar-refractivity contribution in [3.8, 4) is 22.6 Å². The van der Waals surface area contributed by atoms with Crippen molar-refractivity contribution in [2.45, 2.75) is 19.8 Å². The molecular formula is C24H20BrN3O2. The third-order valence-electron chi connectivity index (χ3n) is 5.54. The van der Waals surface area contributed by atoms with Gasteiger partial charge in [0.25, 0.3) is 11.5 Å². The van der Waals surface area contributed by atoms with E-state index in [9.17, 15) is 10.1 Å². The number of nitrogens with zero attached hydrogens (tertiary/aromatic N) is 3. The molecule has 0 saturated heterocycles. The number of benzene rings is 3. The Morgan fingerprint density at radius 3 is 2.50 bits per heavy atom. The summed E-state index contributed by atoms with van der Waals surface area (Å²) in [5.74, 6) is 1.12. The molecule has 4 aromatic rings. The van der Waals surface area contributed by atoms with Crippen LogP contribution in [0.4, 0.5) is 5.69 Å². The Balaban J connectivity index is 0.00000218. The van der Waals surface area contributed by atoms with Crippen molar-refractivity contribution in [3.05, 3.63) is 106 Å². The lowest BCUT2D eigenvalue weighted by Gasteiger charge is -2.13. The summed E-state index contributed by atoms with van der Waals surface area (Å²) in [6.07, 6.45) is 3.96. The van der Waals surface area contributed by atoms with Gasteiger partial charge in [-0.2, -0.15) is 9.13 Å². The van der Waals surface area contributed by atoms with Crippen molar-refractivity contribution < 1.29 is 26.5 Å². The fourth-order valence-corrected chi connectivity index (χ4v) is 4.11. The predicted octanol–water partition coefficient (Wildman–Crippen LogP) is 1.74. The van der Waals surface area contributed by atoms with E-state index >= 15 is 0 Å². The molecular weight excluding hydrogens is 442 g/mol. The molecule has 0 aliphatic carbocycles. The second-order valence-corrected chi connectivity index (χ2v) is 7.41. The number of non-ortho nitro benzene ring substituents is 1. The van der Waals surface area contributed by atoms with Crippen LogP contribution >= 0.6 is 0 Å².